The molecule has 146 valence electrons. The third kappa shape index (κ3) is 3.80. The van der Waals surface area contributed by atoms with Gasteiger partial charge in [-0.05, 0) is 57.1 Å². The molecule has 0 saturated carbocycles. The van der Waals surface area contributed by atoms with Crippen molar-refractivity contribution in [3.05, 3.63) is 56.7 Å². The Bertz CT molecular complexity index is 1070. The number of fused-ring (bicyclic) bond motifs is 3. The van der Waals surface area contributed by atoms with Gasteiger partial charge in [-0.1, -0.05) is 42.1 Å². The molecular weight excluding hydrogens is 388 g/mol. The van der Waals surface area contributed by atoms with Crippen LogP contribution in [0, 0.1) is 0 Å². The van der Waals surface area contributed by atoms with E-state index in [0.29, 0.717) is 11.7 Å². The van der Waals surface area contributed by atoms with Gasteiger partial charge in [0.25, 0.3) is 5.56 Å². The Morgan fingerprint density at radius 3 is 2.75 bits per heavy atom. The van der Waals surface area contributed by atoms with E-state index in [-0.39, 0.29) is 16.6 Å². The van der Waals surface area contributed by atoms with Crippen LogP contribution in [0.2, 0.25) is 0 Å². The highest BCUT2D eigenvalue weighted by Crippen LogP contribution is 2.35. The van der Waals surface area contributed by atoms with E-state index in [9.17, 15) is 9.59 Å². The number of ketones is 1. The summed E-state index contributed by atoms with van der Waals surface area (Å²) < 4.78 is 1.79. The quantitative estimate of drug-likeness (QED) is 0.437. The van der Waals surface area contributed by atoms with E-state index < -0.39 is 0 Å². The van der Waals surface area contributed by atoms with Gasteiger partial charge >= 0.3 is 0 Å². The van der Waals surface area contributed by atoms with Crippen LogP contribution in [0.3, 0.4) is 0 Å². The zero-order chi connectivity index (χ0) is 19.7. The topological polar surface area (TPSA) is 52.0 Å². The number of hydrogen-bond donors (Lipinski definition) is 0. The van der Waals surface area contributed by atoms with E-state index in [4.69, 9.17) is 4.98 Å². The van der Waals surface area contributed by atoms with Crippen LogP contribution in [0.1, 0.15) is 42.7 Å². The second-order valence-electron chi connectivity index (χ2n) is 7.35. The molecule has 2 aromatic heterocycles. The summed E-state index contributed by atoms with van der Waals surface area (Å²) in [6.07, 6.45) is 5.11. The number of rotatable bonds is 6. The fourth-order valence-corrected chi connectivity index (χ4v) is 5.87. The Hall–Kier alpha value is -1.92. The number of thioether (sulfide) groups is 1. The van der Waals surface area contributed by atoms with Gasteiger partial charge in [-0.2, -0.15) is 0 Å². The second-order valence-corrected chi connectivity index (χ2v) is 9.74. The average Bonchev–Trinajstić information content (AvgIpc) is 3.06. The van der Waals surface area contributed by atoms with E-state index in [0.717, 1.165) is 35.9 Å². The molecule has 4 rings (SSSR count). The Morgan fingerprint density at radius 2 is 2.00 bits per heavy atom. The number of aromatic nitrogens is 2. The minimum atomic E-state index is -0.220. The van der Waals surface area contributed by atoms with Crippen LogP contribution in [0.5, 0.6) is 0 Å². The summed E-state index contributed by atoms with van der Waals surface area (Å²) in [7, 11) is 0. The maximum atomic E-state index is 13.5. The van der Waals surface area contributed by atoms with Crippen molar-refractivity contribution in [2.75, 3.05) is 0 Å². The normalized spacial score (nSPS) is 14.8. The molecule has 3 aromatic rings. The molecule has 0 aliphatic heterocycles. The lowest BCUT2D eigenvalue weighted by Gasteiger charge is -2.15. The maximum Gasteiger partial charge on any atom is 0.263 e. The molecule has 1 aliphatic rings. The van der Waals surface area contributed by atoms with E-state index in [1.807, 2.05) is 25.1 Å². The summed E-state index contributed by atoms with van der Waals surface area (Å²) in [5.41, 5.74) is 2.46. The summed E-state index contributed by atoms with van der Waals surface area (Å²) in [6, 6.07) is 10.2. The first-order valence-corrected chi connectivity index (χ1v) is 11.5. The molecule has 0 N–H and O–H groups in total. The highest BCUT2D eigenvalue weighted by atomic mass is 32.2. The Balaban J connectivity index is 1.79. The lowest BCUT2D eigenvalue weighted by Crippen LogP contribution is -2.26. The molecule has 0 spiro atoms. The standard InChI is InChI=1S/C22H24N2O2S2/c1-14(25)15(2)27-22-23-20-19(17-10-6-7-11-18(17)28-20)21(26)24(22)13-12-16-8-4-3-5-9-16/h3-5,8-9,15H,6-7,10-13H2,1-2H3. The van der Waals surface area contributed by atoms with Crippen molar-refractivity contribution in [3.8, 4) is 0 Å². The van der Waals surface area contributed by atoms with Gasteiger partial charge in [0.1, 0.15) is 10.6 Å². The smallest absolute Gasteiger partial charge is 0.263 e. The molecule has 0 amide bonds. The number of benzene rings is 1. The summed E-state index contributed by atoms with van der Waals surface area (Å²) in [5.74, 6) is 0.0967. The van der Waals surface area contributed by atoms with Crippen LogP contribution in [0.25, 0.3) is 10.2 Å². The van der Waals surface area contributed by atoms with Crippen LogP contribution in [-0.2, 0) is 30.6 Å². The average molecular weight is 413 g/mol. The summed E-state index contributed by atoms with van der Waals surface area (Å²) in [6.45, 7) is 4.04. The lowest BCUT2D eigenvalue weighted by molar-refractivity contribution is -0.116. The molecule has 1 atom stereocenters. The number of Topliss-reactive ketones (excluding diaryl/α,β-unsaturated/α-hetero) is 1. The molecule has 2 heterocycles. The van der Waals surface area contributed by atoms with Gasteiger partial charge in [0.15, 0.2) is 5.16 Å². The monoisotopic (exact) mass is 412 g/mol. The van der Waals surface area contributed by atoms with Gasteiger partial charge in [-0.3, -0.25) is 14.2 Å². The number of thiophene rings is 1. The highest BCUT2D eigenvalue weighted by Gasteiger charge is 2.23. The predicted molar refractivity (Wildman–Crippen MR) is 117 cm³/mol. The van der Waals surface area contributed by atoms with Gasteiger partial charge in [-0.15, -0.1) is 11.3 Å². The summed E-state index contributed by atoms with van der Waals surface area (Å²) in [4.78, 5) is 32.3. The Morgan fingerprint density at radius 1 is 1.25 bits per heavy atom. The molecule has 0 radical (unpaired) electrons. The molecular formula is C22H24N2O2S2. The first-order chi connectivity index (χ1) is 13.5. The zero-order valence-electron chi connectivity index (χ0n) is 16.2. The van der Waals surface area contributed by atoms with Crippen molar-refractivity contribution in [2.24, 2.45) is 0 Å². The van der Waals surface area contributed by atoms with Crippen LogP contribution in [0.4, 0.5) is 0 Å². The van der Waals surface area contributed by atoms with Gasteiger partial charge in [0, 0.05) is 11.4 Å². The zero-order valence-corrected chi connectivity index (χ0v) is 17.9. The Kier molecular flexibility index (Phi) is 5.69. The highest BCUT2D eigenvalue weighted by molar-refractivity contribution is 8.00. The van der Waals surface area contributed by atoms with Crippen molar-refractivity contribution >= 4 is 39.1 Å². The van der Waals surface area contributed by atoms with Gasteiger partial charge in [0.05, 0.1) is 10.6 Å². The van der Waals surface area contributed by atoms with Crippen molar-refractivity contribution < 1.29 is 4.79 Å². The van der Waals surface area contributed by atoms with Crippen LogP contribution in [0.15, 0.2) is 40.3 Å². The van der Waals surface area contributed by atoms with Crippen LogP contribution >= 0.6 is 23.1 Å². The third-order valence-electron chi connectivity index (χ3n) is 5.36. The molecule has 1 aromatic carbocycles. The first kappa shape index (κ1) is 19.4. The molecule has 0 fully saturated rings. The van der Waals surface area contributed by atoms with Crippen LogP contribution in [-0.4, -0.2) is 20.6 Å². The van der Waals surface area contributed by atoms with Crippen molar-refractivity contribution in [3.63, 3.8) is 0 Å². The number of nitrogens with zero attached hydrogens (tertiary/aromatic N) is 2. The predicted octanol–water partition coefficient (Wildman–Crippen LogP) is 4.65. The lowest BCUT2D eigenvalue weighted by atomic mass is 9.97. The van der Waals surface area contributed by atoms with Gasteiger partial charge in [-0.25, -0.2) is 4.98 Å². The molecule has 28 heavy (non-hydrogen) atoms. The maximum absolute atomic E-state index is 13.5. The number of hydrogen-bond acceptors (Lipinski definition) is 5. The van der Waals surface area contributed by atoms with Crippen LogP contribution < -0.4 is 5.56 Å². The largest absolute Gasteiger partial charge is 0.299 e. The summed E-state index contributed by atoms with van der Waals surface area (Å²) in [5, 5.41) is 1.25. The molecule has 0 saturated heterocycles. The van der Waals surface area contributed by atoms with E-state index in [1.165, 1.54) is 34.2 Å². The summed E-state index contributed by atoms with van der Waals surface area (Å²) >= 11 is 3.06. The second kappa shape index (κ2) is 8.21. The number of carbonyl (C=O) groups excluding carboxylic acids is 1. The molecule has 4 nitrogen and oxygen atoms in total. The molecule has 6 heteroatoms. The van der Waals surface area contributed by atoms with E-state index in [1.54, 1.807) is 22.8 Å². The number of aryl methyl sites for hydroxylation is 3. The minimum absolute atomic E-state index is 0.0542. The van der Waals surface area contributed by atoms with Gasteiger partial charge < -0.3 is 0 Å². The molecule has 1 aliphatic carbocycles. The first-order valence-electron chi connectivity index (χ1n) is 9.80. The number of carbonyl (C=O) groups is 1. The van der Waals surface area contributed by atoms with Crippen molar-refractivity contribution in [1.82, 2.24) is 9.55 Å². The SMILES string of the molecule is CC(=O)C(C)Sc1nc2sc3c(c2c(=O)n1CCc1ccccc1)CCCC3. The minimum Gasteiger partial charge on any atom is -0.299 e. The van der Waals surface area contributed by atoms with Gasteiger partial charge in [0.2, 0.25) is 0 Å². The fourth-order valence-electron chi connectivity index (χ4n) is 3.63. The molecule has 1 unspecified atom stereocenters. The Labute approximate surface area is 173 Å². The fraction of sp³-hybridized carbons (Fsp3) is 0.409. The van der Waals surface area contributed by atoms with Crippen molar-refractivity contribution in [1.29, 1.82) is 0 Å². The molecule has 0 bridgehead atoms. The van der Waals surface area contributed by atoms with E-state index in [2.05, 4.69) is 12.1 Å². The third-order valence-corrected chi connectivity index (χ3v) is 7.76. The van der Waals surface area contributed by atoms with E-state index >= 15 is 0 Å². The van der Waals surface area contributed by atoms with Crippen molar-refractivity contribution in [2.45, 2.75) is 62.9 Å².